The monoisotopic (exact) mass is 601 g/mol. The van der Waals surface area contributed by atoms with E-state index in [4.69, 9.17) is 10.5 Å². The Kier molecular flexibility index (Phi) is 8.06. The molecule has 3 aliphatic carbocycles. The molecule has 0 aromatic heterocycles. The Labute approximate surface area is 244 Å². The van der Waals surface area contributed by atoms with Crippen molar-refractivity contribution in [1.82, 2.24) is 5.32 Å². The molecule has 3 fully saturated rings. The summed E-state index contributed by atoms with van der Waals surface area (Å²) in [5.41, 5.74) is 4.69. The number of amides is 2. The second-order valence-corrected chi connectivity index (χ2v) is 13.8. The van der Waals surface area contributed by atoms with Gasteiger partial charge in [-0.2, -0.15) is 0 Å². The normalized spacial score (nSPS) is 26.3. The fourth-order valence-electron chi connectivity index (χ4n) is 6.27. The number of carboxylic acids is 1. The molecule has 2 amide bonds. The zero-order valence-electron chi connectivity index (χ0n) is 23.5. The average Bonchev–Trinajstić information content (AvgIpc) is 3.02. The summed E-state index contributed by atoms with van der Waals surface area (Å²) < 4.78 is 47.5. The lowest BCUT2D eigenvalue weighted by Gasteiger charge is -2.51. The van der Waals surface area contributed by atoms with Gasteiger partial charge in [0.2, 0.25) is 5.91 Å². The molecule has 1 heterocycles. The van der Waals surface area contributed by atoms with E-state index >= 15 is 4.39 Å². The van der Waals surface area contributed by atoms with Gasteiger partial charge in [-0.25, -0.2) is 12.8 Å². The van der Waals surface area contributed by atoms with Crippen molar-refractivity contribution in [2.45, 2.75) is 81.3 Å². The maximum absolute atomic E-state index is 15.4. The van der Waals surface area contributed by atoms with Crippen LogP contribution in [0.3, 0.4) is 0 Å². The van der Waals surface area contributed by atoms with Crippen LogP contribution in [-0.4, -0.2) is 55.2 Å². The number of carboxylic acid groups (broad SMARTS) is 1. The highest BCUT2D eigenvalue weighted by Crippen LogP contribution is 2.52. The number of halogens is 1. The fraction of sp³-hybridized carbons (Fsp3) is 0.500. The Hall–Kier alpha value is -3.51. The van der Waals surface area contributed by atoms with Gasteiger partial charge in [-0.15, -0.1) is 0 Å². The van der Waals surface area contributed by atoms with Crippen LogP contribution < -0.4 is 20.7 Å². The first-order valence-electron chi connectivity index (χ1n) is 14.3. The van der Waals surface area contributed by atoms with Crippen LogP contribution in [0.15, 0.2) is 41.3 Å². The van der Waals surface area contributed by atoms with Crippen LogP contribution in [0.25, 0.3) is 0 Å². The number of nitrogens with two attached hydrogens (primary N) is 1. The van der Waals surface area contributed by atoms with Crippen LogP contribution in [-0.2, 0) is 26.0 Å². The van der Waals surface area contributed by atoms with Crippen molar-refractivity contribution < 1.29 is 37.0 Å². The highest BCUT2D eigenvalue weighted by atomic mass is 32.2. The molecule has 0 radical (unpaired) electrons. The molecule has 2 bridgehead atoms. The first kappa shape index (κ1) is 30.0. The number of carbonyl (C=O) groups excluding carboxylic acids is 2. The highest BCUT2D eigenvalue weighted by Gasteiger charge is 2.53. The minimum Gasteiger partial charge on any atom is -0.494 e. The van der Waals surface area contributed by atoms with E-state index < -0.39 is 66.6 Å². The van der Waals surface area contributed by atoms with Crippen LogP contribution in [0.1, 0.15) is 74.2 Å². The maximum Gasteiger partial charge on any atom is 0.309 e. The molecule has 2 aromatic rings. The van der Waals surface area contributed by atoms with Crippen molar-refractivity contribution in [2.75, 3.05) is 17.3 Å². The third-order valence-corrected chi connectivity index (χ3v) is 10.8. The van der Waals surface area contributed by atoms with Crippen molar-refractivity contribution in [2.24, 2.45) is 11.1 Å². The van der Waals surface area contributed by atoms with Crippen LogP contribution in [0.2, 0.25) is 0 Å². The smallest absolute Gasteiger partial charge is 0.309 e. The predicted octanol–water partition coefficient (Wildman–Crippen LogP) is 3.56. The molecule has 0 saturated heterocycles. The largest absolute Gasteiger partial charge is 0.494 e. The predicted molar refractivity (Wildman–Crippen MR) is 152 cm³/mol. The number of hydrogen-bond donors (Lipinski definition) is 3. The summed E-state index contributed by atoms with van der Waals surface area (Å²) in [5.74, 6) is -3.32. The van der Waals surface area contributed by atoms with Gasteiger partial charge in [0.15, 0.2) is 9.84 Å². The van der Waals surface area contributed by atoms with Gasteiger partial charge in [-0.3, -0.25) is 14.4 Å². The minimum atomic E-state index is -4.16. The van der Waals surface area contributed by atoms with E-state index in [1.54, 1.807) is 24.3 Å². The molecule has 4 aliphatic rings. The van der Waals surface area contributed by atoms with Crippen LogP contribution in [0.4, 0.5) is 10.1 Å². The number of ether oxygens (including phenoxy) is 1. The molecule has 10 nitrogen and oxygen atoms in total. The third-order valence-electron chi connectivity index (χ3n) is 9.01. The summed E-state index contributed by atoms with van der Waals surface area (Å²) in [6.45, 7) is 2.57. The minimum absolute atomic E-state index is 0.0573. The lowest BCUT2D eigenvalue weighted by Crippen LogP contribution is -2.58. The Morgan fingerprint density at radius 3 is 2.36 bits per heavy atom. The number of sulfone groups is 1. The van der Waals surface area contributed by atoms with E-state index in [1.807, 2.05) is 0 Å². The number of benzene rings is 2. The van der Waals surface area contributed by atoms with E-state index in [2.05, 4.69) is 12.2 Å². The van der Waals surface area contributed by atoms with Gasteiger partial charge in [0.1, 0.15) is 11.6 Å². The first-order chi connectivity index (χ1) is 19.9. The Morgan fingerprint density at radius 2 is 1.76 bits per heavy atom. The molecule has 3 saturated carbocycles. The number of fused-ring (bicyclic) bond motifs is 4. The average molecular weight is 602 g/mol. The SMILES string of the molecule is CCCCOc1ccc(CN2C(=O)[C@@H](N)CS(=O)(=O)c3cc(F)c(C(=O)NC45CCC(C(=O)O)(CC4)CC5)cc32)cc1. The van der Waals surface area contributed by atoms with Crippen molar-refractivity contribution in [1.29, 1.82) is 0 Å². The highest BCUT2D eigenvalue weighted by molar-refractivity contribution is 7.91. The van der Waals surface area contributed by atoms with Gasteiger partial charge in [-0.05, 0) is 74.8 Å². The molecule has 1 atom stereocenters. The van der Waals surface area contributed by atoms with Gasteiger partial charge in [0, 0.05) is 5.54 Å². The van der Waals surface area contributed by atoms with Crippen molar-refractivity contribution in [3.63, 3.8) is 0 Å². The zero-order chi connectivity index (χ0) is 30.3. The number of carbonyl (C=O) groups is 3. The van der Waals surface area contributed by atoms with Gasteiger partial charge >= 0.3 is 5.97 Å². The second-order valence-electron chi connectivity index (χ2n) is 11.8. The first-order valence-corrected chi connectivity index (χ1v) is 15.9. The molecule has 0 unspecified atom stereocenters. The number of nitrogens with zero attached hydrogens (tertiary/aromatic N) is 1. The summed E-state index contributed by atoms with van der Waals surface area (Å²) >= 11 is 0. The molecule has 42 heavy (non-hydrogen) atoms. The lowest BCUT2D eigenvalue weighted by atomic mass is 9.57. The van der Waals surface area contributed by atoms with E-state index in [9.17, 15) is 27.9 Å². The van der Waals surface area contributed by atoms with Gasteiger partial charge < -0.3 is 25.8 Å². The summed E-state index contributed by atoms with van der Waals surface area (Å²) in [6, 6.07) is 7.52. The third kappa shape index (κ3) is 5.61. The standard InChI is InChI=1S/C30H36FN3O7S/c1-2-3-14-41-20-6-4-19(5-7-20)17-34-24-15-21(22(31)16-25(24)42(39,40)18-23(32)27(34)36)26(35)33-30-11-8-29(9-12-30,10-13-30)28(37)38/h4-7,15-16,23H,2-3,8-14,17-18,32H2,1H3,(H,33,35)(H,37,38)/t23-,29?,30?/m0/s1. The Balaban J connectivity index is 1.45. The number of aliphatic carboxylic acids is 1. The molecule has 6 rings (SSSR count). The topological polar surface area (TPSA) is 156 Å². The number of unbranched alkanes of at least 4 members (excludes halogenated alkanes) is 1. The molecule has 12 heteroatoms. The zero-order valence-corrected chi connectivity index (χ0v) is 24.3. The van der Waals surface area contributed by atoms with Gasteiger partial charge in [-0.1, -0.05) is 25.5 Å². The fourth-order valence-corrected chi connectivity index (χ4v) is 7.83. The molecule has 1 aliphatic heterocycles. The lowest BCUT2D eigenvalue weighted by molar-refractivity contribution is -0.156. The maximum atomic E-state index is 15.4. The summed E-state index contributed by atoms with van der Waals surface area (Å²) in [6.07, 6.45) is 4.48. The van der Waals surface area contributed by atoms with Crippen molar-refractivity contribution >= 4 is 33.3 Å². The van der Waals surface area contributed by atoms with E-state index in [1.165, 1.54) is 4.90 Å². The van der Waals surface area contributed by atoms with Gasteiger partial charge in [0.05, 0.1) is 46.5 Å². The molecular weight excluding hydrogens is 565 g/mol. The van der Waals surface area contributed by atoms with E-state index in [0.717, 1.165) is 25.0 Å². The molecule has 2 aromatic carbocycles. The number of hydrogen-bond acceptors (Lipinski definition) is 7. The Morgan fingerprint density at radius 1 is 1.12 bits per heavy atom. The second kappa shape index (κ2) is 11.3. The van der Waals surface area contributed by atoms with Crippen LogP contribution in [0, 0.1) is 11.2 Å². The molecular formula is C30H36FN3O7S. The summed E-state index contributed by atoms with van der Waals surface area (Å²) in [4.78, 5) is 39.4. The number of anilines is 1. The van der Waals surface area contributed by atoms with Crippen LogP contribution in [0.5, 0.6) is 5.75 Å². The molecule has 0 spiro atoms. The Bertz CT molecular complexity index is 1480. The van der Waals surface area contributed by atoms with Crippen LogP contribution >= 0.6 is 0 Å². The van der Waals surface area contributed by atoms with Crippen molar-refractivity contribution in [3.8, 4) is 5.75 Å². The summed E-state index contributed by atoms with van der Waals surface area (Å²) in [5, 5.41) is 12.6. The van der Waals surface area contributed by atoms with E-state index in [-0.39, 0.29) is 12.2 Å². The molecule has 226 valence electrons. The number of rotatable bonds is 9. The summed E-state index contributed by atoms with van der Waals surface area (Å²) in [7, 11) is -4.16. The van der Waals surface area contributed by atoms with E-state index in [0.29, 0.717) is 56.4 Å². The number of nitrogens with one attached hydrogen (secondary N) is 1. The molecule has 4 N–H and O–H groups in total. The quantitative estimate of drug-likeness (QED) is 0.369. The van der Waals surface area contributed by atoms with Crippen molar-refractivity contribution in [3.05, 3.63) is 53.3 Å². The van der Waals surface area contributed by atoms with Gasteiger partial charge in [0.25, 0.3) is 5.91 Å².